The van der Waals surface area contributed by atoms with Gasteiger partial charge in [0.05, 0.1) is 5.60 Å². The van der Waals surface area contributed by atoms with Gasteiger partial charge in [-0.05, 0) is 69.6 Å². The molecule has 0 saturated heterocycles. The summed E-state index contributed by atoms with van der Waals surface area (Å²) in [5.74, 6) is -0.102. The number of nitrogens with zero attached hydrogens (tertiary/aromatic N) is 2. The second kappa shape index (κ2) is 6.38. The minimum atomic E-state index is -0.891. The minimum absolute atomic E-state index is 0.147. The van der Waals surface area contributed by atoms with Crippen LogP contribution in [0.1, 0.15) is 75.9 Å². The first-order valence-electron chi connectivity index (χ1n) is 9.43. The van der Waals surface area contributed by atoms with E-state index in [1.807, 2.05) is 10.8 Å². The Balaban J connectivity index is 2.06. The molecule has 0 aromatic carbocycles. The number of rotatable bonds is 7. The zero-order chi connectivity index (χ0) is 19.3. The third-order valence-electron chi connectivity index (χ3n) is 6.27. The number of carbonyl (C=O) groups is 1. The van der Waals surface area contributed by atoms with Gasteiger partial charge in [0.15, 0.2) is 0 Å². The van der Waals surface area contributed by atoms with Crippen molar-refractivity contribution in [2.24, 2.45) is 5.92 Å². The highest BCUT2D eigenvalue weighted by Gasteiger charge is 2.50. The van der Waals surface area contributed by atoms with Crippen molar-refractivity contribution in [1.29, 1.82) is 0 Å². The summed E-state index contributed by atoms with van der Waals surface area (Å²) >= 11 is 0. The van der Waals surface area contributed by atoms with Gasteiger partial charge in [0.25, 0.3) is 0 Å². The van der Waals surface area contributed by atoms with E-state index in [0.29, 0.717) is 17.5 Å². The zero-order valence-corrected chi connectivity index (χ0v) is 16.7. The molecule has 2 heterocycles. The largest absolute Gasteiger partial charge is 0.477 e. The van der Waals surface area contributed by atoms with E-state index in [4.69, 9.17) is 9.72 Å². The van der Waals surface area contributed by atoms with E-state index >= 15 is 0 Å². The second-order valence-electron chi connectivity index (χ2n) is 8.59. The Morgan fingerprint density at radius 1 is 1.50 bits per heavy atom. The molecule has 3 unspecified atom stereocenters. The third-order valence-corrected chi connectivity index (χ3v) is 6.27. The van der Waals surface area contributed by atoms with Crippen LogP contribution in [0.5, 0.6) is 0 Å². The summed E-state index contributed by atoms with van der Waals surface area (Å²) in [6.07, 6.45) is 4.79. The summed E-state index contributed by atoms with van der Waals surface area (Å²) in [7, 11) is 1.74. The number of aromatic nitrogens is 2. The number of hydrogen-bond acceptors (Lipinski definition) is 3. The van der Waals surface area contributed by atoms with E-state index in [1.54, 1.807) is 13.2 Å². The lowest BCUT2D eigenvalue weighted by atomic mass is 9.86. The van der Waals surface area contributed by atoms with Gasteiger partial charge in [-0.1, -0.05) is 13.8 Å². The highest BCUT2D eigenvalue weighted by Crippen LogP contribution is 2.51. The molecule has 0 aliphatic heterocycles. The molecule has 1 aliphatic rings. The Morgan fingerprint density at radius 2 is 2.15 bits per heavy atom. The van der Waals surface area contributed by atoms with Crippen molar-refractivity contribution in [3.8, 4) is 0 Å². The maximum Gasteiger partial charge on any atom is 0.352 e. The Labute approximate surface area is 155 Å². The van der Waals surface area contributed by atoms with Crippen molar-refractivity contribution in [3.63, 3.8) is 0 Å². The van der Waals surface area contributed by atoms with Crippen molar-refractivity contribution in [2.75, 3.05) is 7.11 Å². The molecule has 3 atom stereocenters. The molecule has 3 rings (SSSR count). The van der Waals surface area contributed by atoms with E-state index in [1.165, 1.54) is 0 Å². The summed E-state index contributed by atoms with van der Waals surface area (Å²) in [5, 5.41) is 10.6. The molecule has 26 heavy (non-hydrogen) atoms. The van der Waals surface area contributed by atoms with Crippen LogP contribution in [-0.2, 0) is 10.3 Å². The zero-order valence-electron chi connectivity index (χ0n) is 16.7. The van der Waals surface area contributed by atoms with Crippen LogP contribution in [-0.4, -0.2) is 33.3 Å². The summed E-state index contributed by atoms with van der Waals surface area (Å²) < 4.78 is 7.53. The number of methoxy groups -OCH3 is 1. The van der Waals surface area contributed by atoms with Crippen LogP contribution in [0.25, 0.3) is 11.0 Å². The van der Waals surface area contributed by atoms with Gasteiger partial charge in [0.1, 0.15) is 11.3 Å². The van der Waals surface area contributed by atoms with Crippen molar-refractivity contribution in [2.45, 2.75) is 70.9 Å². The lowest BCUT2D eigenvalue weighted by Crippen LogP contribution is -2.25. The van der Waals surface area contributed by atoms with Crippen LogP contribution in [0.15, 0.2) is 18.3 Å². The maximum absolute atomic E-state index is 11.8. The number of ether oxygens (including phenoxy) is 1. The monoisotopic (exact) mass is 358 g/mol. The summed E-state index contributed by atoms with van der Waals surface area (Å²) in [4.78, 5) is 16.5. The van der Waals surface area contributed by atoms with Crippen LogP contribution in [0.4, 0.5) is 0 Å². The predicted molar refractivity (Wildman–Crippen MR) is 103 cm³/mol. The van der Waals surface area contributed by atoms with Gasteiger partial charge in [0, 0.05) is 24.2 Å². The first-order valence-corrected chi connectivity index (χ1v) is 9.43. The molecule has 1 N–H and O–H groups in total. The second-order valence-corrected chi connectivity index (χ2v) is 8.59. The molecule has 5 nitrogen and oxygen atoms in total. The molecule has 2 aromatic heterocycles. The SMILES string of the molecule is CCC(CC(C)(C)OC)c1cnc2c(c1)cc(C(=O)O)n2C1(C)CC1C. The quantitative estimate of drug-likeness (QED) is 0.772. The minimum Gasteiger partial charge on any atom is -0.477 e. The highest BCUT2D eigenvalue weighted by atomic mass is 16.5. The Kier molecular flexibility index (Phi) is 4.63. The number of fused-ring (bicyclic) bond motifs is 1. The maximum atomic E-state index is 11.8. The molecule has 1 fully saturated rings. The van der Waals surface area contributed by atoms with E-state index in [9.17, 15) is 9.90 Å². The first kappa shape index (κ1) is 18.9. The first-order chi connectivity index (χ1) is 12.1. The predicted octanol–water partition coefficient (Wildman–Crippen LogP) is 4.80. The fourth-order valence-electron chi connectivity index (χ4n) is 4.06. The Morgan fingerprint density at radius 3 is 2.65 bits per heavy atom. The summed E-state index contributed by atoms with van der Waals surface area (Å²) in [6.45, 7) is 10.6. The van der Waals surface area contributed by atoms with E-state index in [2.05, 4.69) is 40.7 Å². The summed E-state index contributed by atoms with van der Waals surface area (Å²) in [6, 6.07) is 3.89. The van der Waals surface area contributed by atoms with Gasteiger partial charge in [-0.2, -0.15) is 0 Å². The third kappa shape index (κ3) is 3.13. The van der Waals surface area contributed by atoms with Crippen molar-refractivity contribution in [1.82, 2.24) is 9.55 Å². The van der Waals surface area contributed by atoms with Gasteiger partial charge in [0.2, 0.25) is 0 Å². The molecule has 5 heteroatoms. The number of carboxylic acids is 1. The normalized spacial score (nSPS) is 24.0. The molecular weight excluding hydrogens is 328 g/mol. The van der Waals surface area contributed by atoms with Crippen LogP contribution >= 0.6 is 0 Å². The standard InChI is InChI=1S/C21H30N2O3/c1-7-14(11-20(3,4)26-6)16-8-15-9-17(19(24)25)23(18(15)22-12-16)21(5)10-13(21)2/h8-9,12-14H,7,10-11H2,1-6H3,(H,24,25). The molecule has 2 aromatic rings. The van der Waals surface area contributed by atoms with Gasteiger partial charge in [-0.3, -0.25) is 0 Å². The molecule has 0 bridgehead atoms. The summed E-state index contributed by atoms with van der Waals surface area (Å²) in [5.41, 5.74) is 1.91. The molecule has 142 valence electrons. The number of hydrogen-bond donors (Lipinski definition) is 1. The van der Waals surface area contributed by atoms with E-state index < -0.39 is 5.97 Å². The van der Waals surface area contributed by atoms with Crippen LogP contribution in [0.2, 0.25) is 0 Å². The fraction of sp³-hybridized carbons (Fsp3) is 0.619. The van der Waals surface area contributed by atoms with E-state index in [-0.39, 0.29) is 11.1 Å². The average Bonchev–Trinajstić information content (AvgIpc) is 3.04. The topological polar surface area (TPSA) is 64.3 Å². The number of carboxylic acid groups (broad SMARTS) is 1. The van der Waals surface area contributed by atoms with Crippen molar-refractivity contribution < 1.29 is 14.6 Å². The molecule has 1 saturated carbocycles. The van der Waals surface area contributed by atoms with E-state index in [0.717, 1.165) is 35.9 Å². The van der Waals surface area contributed by atoms with Gasteiger partial charge in [-0.25, -0.2) is 9.78 Å². The number of aromatic carboxylic acids is 1. The molecule has 0 spiro atoms. The van der Waals surface area contributed by atoms with Crippen LogP contribution in [0, 0.1) is 5.92 Å². The van der Waals surface area contributed by atoms with Gasteiger partial charge >= 0.3 is 5.97 Å². The molecule has 0 radical (unpaired) electrons. The molecule has 1 aliphatic carbocycles. The lowest BCUT2D eigenvalue weighted by Gasteiger charge is -2.28. The van der Waals surface area contributed by atoms with Crippen molar-refractivity contribution in [3.05, 3.63) is 29.6 Å². The van der Waals surface area contributed by atoms with Crippen LogP contribution in [0.3, 0.4) is 0 Å². The Bertz CT molecular complexity index is 839. The van der Waals surface area contributed by atoms with Gasteiger partial charge < -0.3 is 14.4 Å². The number of pyridine rings is 1. The smallest absolute Gasteiger partial charge is 0.352 e. The fourth-order valence-corrected chi connectivity index (χ4v) is 4.06. The molecular formula is C21H30N2O3. The average molecular weight is 358 g/mol. The Hall–Kier alpha value is -1.88. The lowest BCUT2D eigenvalue weighted by molar-refractivity contribution is 0.00919. The van der Waals surface area contributed by atoms with Crippen LogP contribution < -0.4 is 0 Å². The van der Waals surface area contributed by atoms with Crippen molar-refractivity contribution >= 4 is 17.0 Å². The highest BCUT2D eigenvalue weighted by molar-refractivity contribution is 5.94. The molecule has 0 amide bonds. The van der Waals surface area contributed by atoms with Gasteiger partial charge in [-0.15, -0.1) is 0 Å².